The summed E-state index contributed by atoms with van der Waals surface area (Å²) in [6.07, 6.45) is 5.20. The van der Waals surface area contributed by atoms with Crippen LogP contribution in [0.2, 0.25) is 5.02 Å². The van der Waals surface area contributed by atoms with Gasteiger partial charge in [-0.2, -0.15) is 5.10 Å². The Morgan fingerprint density at radius 3 is 2.76 bits per heavy atom. The van der Waals surface area contributed by atoms with E-state index >= 15 is 0 Å². The summed E-state index contributed by atoms with van der Waals surface area (Å²) in [4.78, 5) is 24.0. The third kappa shape index (κ3) is 3.98. The average molecular weight is 523 g/mol. The highest BCUT2D eigenvalue weighted by Gasteiger charge is 2.32. The van der Waals surface area contributed by atoms with Gasteiger partial charge in [-0.3, -0.25) is 14.5 Å². The zero-order chi connectivity index (χ0) is 26.6. The molecule has 1 atom stereocenters. The lowest BCUT2D eigenvalue weighted by atomic mass is 10.0. The maximum Gasteiger partial charge on any atom is 0.255 e. The number of amides is 1. The first-order valence-electron chi connectivity index (χ1n) is 12.0. The molecule has 5 aromatic rings. The number of anilines is 1. The number of likely N-dealkylation sites (N-methyl/N-ethyl adjacent to an activating group) is 1. The summed E-state index contributed by atoms with van der Waals surface area (Å²) in [6, 6.07) is 11.0. The van der Waals surface area contributed by atoms with E-state index in [1.54, 1.807) is 47.4 Å². The fourth-order valence-corrected chi connectivity index (χ4v) is 5.07. The largest absolute Gasteiger partial charge is 0.491 e. The molecular weight excluding hydrogens is 500 g/mol. The number of fused-ring (bicyclic) bond motifs is 4. The molecule has 1 amide bonds. The molecule has 38 heavy (non-hydrogen) atoms. The lowest BCUT2D eigenvalue weighted by Gasteiger charge is -2.24. The van der Waals surface area contributed by atoms with Crippen molar-refractivity contribution < 1.29 is 9.53 Å². The number of aromatic nitrogens is 4. The van der Waals surface area contributed by atoms with E-state index in [9.17, 15) is 4.79 Å². The van der Waals surface area contributed by atoms with E-state index in [2.05, 4.69) is 26.9 Å². The van der Waals surface area contributed by atoms with Crippen LogP contribution in [0, 0.1) is 18.8 Å². The molecule has 1 aliphatic heterocycles. The lowest BCUT2D eigenvalue weighted by Crippen LogP contribution is -2.32. The molecule has 0 spiro atoms. The highest BCUT2D eigenvalue weighted by molar-refractivity contribution is 6.35. The summed E-state index contributed by atoms with van der Waals surface area (Å²) in [6.45, 7) is 2.32. The Hall–Kier alpha value is -4.61. The molecule has 2 aromatic carbocycles. The maximum atomic E-state index is 13.7. The van der Waals surface area contributed by atoms with Gasteiger partial charge in [0.15, 0.2) is 0 Å². The summed E-state index contributed by atoms with van der Waals surface area (Å²) in [7, 11) is 3.58. The molecule has 0 bridgehead atoms. The smallest absolute Gasteiger partial charge is 0.255 e. The van der Waals surface area contributed by atoms with Crippen molar-refractivity contribution in [3.63, 3.8) is 0 Å². The monoisotopic (exact) mass is 522 g/mol. The Labute approximate surface area is 224 Å². The number of nitrogens with zero attached hydrogens (tertiary/aromatic N) is 5. The molecule has 0 fully saturated rings. The minimum Gasteiger partial charge on any atom is -0.491 e. The molecule has 0 aliphatic carbocycles. The predicted molar refractivity (Wildman–Crippen MR) is 147 cm³/mol. The normalized spacial score (nSPS) is 14.2. The molecule has 9 heteroatoms. The molecule has 0 saturated heterocycles. The van der Waals surface area contributed by atoms with Gasteiger partial charge >= 0.3 is 0 Å². The highest BCUT2D eigenvalue weighted by Crippen LogP contribution is 2.38. The molecule has 0 radical (unpaired) electrons. The second-order valence-electron chi connectivity index (χ2n) is 9.37. The van der Waals surface area contributed by atoms with Crippen LogP contribution >= 0.6 is 11.6 Å². The summed E-state index contributed by atoms with van der Waals surface area (Å²) < 4.78 is 7.69. The molecule has 8 nitrogen and oxygen atoms in total. The quantitative estimate of drug-likeness (QED) is 0.338. The van der Waals surface area contributed by atoms with Crippen molar-refractivity contribution in [2.75, 3.05) is 19.4 Å². The fourth-order valence-electron chi connectivity index (χ4n) is 4.83. The van der Waals surface area contributed by atoms with Crippen molar-refractivity contribution in [1.29, 1.82) is 0 Å². The Kier molecular flexibility index (Phi) is 5.66. The van der Waals surface area contributed by atoms with Crippen molar-refractivity contribution in [1.82, 2.24) is 24.6 Å². The van der Waals surface area contributed by atoms with Crippen LogP contribution in [0.1, 0.15) is 38.7 Å². The van der Waals surface area contributed by atoms with E-state index in [1.165, 1.54) is 0 Å². The molecule has 188 valence electrons. The molecular formula is C29H23ClN6O2. The second-order valence-corrected chi connectivity index (χ2v) is 9.78. The van der Waals surface area contributed by atoms with E-state index < -0.39 is 0 Å². The number of aryl methyl sites for hydroxylation is 2. The van der Waals surface area contributed by atoms with Gasteiger partial charge in [-0.1, -0.05) is 29.5 Å². The number of halogens is 1. The SMILES string of the molecule is Cc1cncc(C#Cc2ccc3c(c2)OC[C@H]3N(C)C(=O)c2cc3c(cc2Cl)nc(N)c2cnn(C)c23)c1. The van der Waals surface area contributed by atoms with Crippen LogP contribution in [0.15, 0.2) is 55.0 Å². The number of ether oxygens (including phenoxy) is 1. The maximum absolute atomic E-state index is 13.7. The topological polar surface area (TPSA) is 99.2 Å². The first kappa shape index (κ1) is 23.8. The first-order valence-corrected chi connectivity index (χ1v) is 12.4. The molecule has 6 rings (SSSR count). The fraction of sp³-hybridized carbons (Fsp3) is 0.172. The number of rotatable bonds is 2. The Morgan fingerprint density at radius 1 is 1.13 bits per heavy atom. The number of nitrogens with two attached hydrogens (primary N) is 1. The van der Waals surface area contributed by atoms with Crippen molar-refractivity contribution in [2.24, 2.45) is 7.05 Å². The van der Waals surface area contributed by atoms with E-state index in [-0.39, 0.29) is 11.9 Å². The van der Waals surface area contributed by atoms with Gasteiger partial charge in [0, 0.05) is 48.6 Å². The van der Waals surface area contributed by atoms with E-state index in [0.29, 0.717) is 34.3 Å². The minimum atomic E-state index is -0.270. The number of hydrogen-bond donors (Lipinski definition) is 1. The van der Waals surface area contributed by atoms with Crippen LogP contribution in [0.5, 0.6) is 5.75 Å². The first-order chi connectivity index (χ1) is 18.3. The molecule has 4 heterocycles. The van der Waals surface area contributed by atoms with Crippen LogP contribution in [0.3, 0.4) is 0 Å². The lowest BCUT2D eigenvalue weighted by molar-refractivity contribution is 0.0709. The number of nitrogen functional groups attached to an aromatic ring is 1. The van der Waals surface area contributed by atoms with Crippen molar-refractivity contribution in [2.45, 2.75) is 13.0 Å². The average Bonchev–Trinajstić information content (AvgIpc) is 3.50. The van der Waals surface area contributed by atoms with Gasteiger partial charge in [-0.15, -0.1) is 0 Å². The number of carbonyl (C=O) groups is 1. The van der Waals surface area contributed by atoms with E-state index in [1.807, 2.05) is 38.2 Å². The number of carbonyl (C=O) groups excluding carboxylic acids is 1. The van der Waals surface area contributed by atoms with Crippen molar-refractivity contribution in [3.8, 4) is 17.6 Å². The third-order valence-corrected chi connectivity index (χ3v) is 7.12. The zero-order valence-corrected chi connectivity index (χ0v) is 21.7. The zero-order valence-electron chi connectivity index (χ0n) is 21.0. The van der Waals surface area contributed by atoms with Crippen molar-refractivity contribution >= 4 is 45.1 Å². The molecule has 0 saturated carbocycles. The van der Waals surface area contributed by atoms with Gasteiger partial charge in [0.1, 0.15) is 18.2 Å². The summed E-state index contributed by atoms with van der Waals surface area (Å²) in [5, 5.41) is 6.09. The third-order valence-electron chi connectivity index (χ3n) is 6.81. The molecule has 3 aromatic heterocycles. The molecule has 0 unspecified atom stereocenters. The number of pyridine rings is 2. The predicted octanol–water partition coefficient (Wildman–Crippen LogP) is 4.67. The van der Waals surface area contributed by atoms with Gasteiger partial charge in [-0.25, -0.2) is 4.98 Å². The summed E-state index contributed by atoms with van der Waals surface area (Å²) in [5.41, 5.74) is 11.5. The highest BCUT2D eigenvalue weighted by atomic mass is 35.5. The standard InChI is InChI=1S/C29H23ClN6O2/c1-16-8-18(13-32-12-16)5-4-17-6-7-19-25(15-38-26(19)9-17)35(2)29(37)20-10-21-24(11-23(20)30)34-28(31)22-14-33-36(3)27(21)22/h6-14,25H,15H2,1-3H3,(H2,31,34)/t25-/m1/s1. The summed E-state index contributed by atoms with van der Waals surface area (Å²) in [5.74, 6) is 7.16. The Balaban J connectivity index is 1.31. The van der Waals surface area contributed by atoms with Gasteiger partial charge in [0.05, 0.1) is 39.2 Å². The van der Waals surface area contributed by atoms with Crippen molar-refractivity contribution in [3.05, 3.63) is 87.8 Å². The van der Waals surface area contributed by atoms with Gasteiger partial charge in [0.2, 0.25) is 0 Å². The number of benzene rings is 2. The van der Waals surface area contributed by atoms with Crippen LogP contribution in [0.25, 0.3) is 21.8 Å². The van der Waals surface area contributed by atoms with Crippen LogP contribution in [-0.4, -0.2) is 44.2 Å². The van der Waals surface area contributed by atoms with Gasteiger partial charge in [-0.05, 0) is 42.8 Å². The minimum absolute atomic E-state index is 0.221. The van der Waals surface area contributed by atoms with Crippen LogP contribution in [-0.2, 0) is 7.05 Å². The second kappa shape index (κ2) is 9.05. The van der Waals surface area contributed by atoms with Crippen LogP contribution in [0.4, 0.5) is 5.82 Å². The van der Waals surface area contributed by atoms with E-state index in [4.69, 9.17) is 22.1 Å². The number of hydrogen-bond acceptors (Lipinski definition) is 6. The molecule has 1 aliphatic rings. The Bertz CT molecular complexity index is 1830. The van der Waals surface area contributed by atoms with E-state index in [0.717, 1.165) is 38.5 Å². The van der Waals surface area contributed by atoms with Gasteiger partial charge in [0.25, 0.3) is 5.91 Å². The van der Waals surface area contributed by atoms with Crippen LogP contribution < -0.4 is 10.5 Å². The Morgan fingerprint density at radius 2 is 1.95 bits per heavy atom. The molecule has 2 N–H and O–H groups in total. The van der Waals surface area contributed by atoms with Gasteiger partial charge < -0.3 is 15.4 Å². The summed E-state index contributed by atoms with van der Waals surface area (Å²) >= 11 is 6.58.